The van der Waals surface area contributed by atoms with Crippen molar-refractivity contribution < 1.29 is 19.4 Å². The molecule has 156 valence electrons. The van der Waals surface area contributed by atoms with E-state index < -0.39 is 11.9 Å². The van der Waals surface area contributed by atoms with Gasteiger partial charge < -0.3 is 9.84 Å². The molecule has 1 N–H and O–H groups in total. The van der Waals surface area contributed by atoms with Gasteiger partial charge in [-0.2, -0.15) is 0 Å². The number of unbranched alkanes of at least 4 members (excludes halogenated alkanes) is 2. The second-order valence-electron chi connectivity index (χ2n) is 6.32. The predicted octanol–water partition coefficient (Wildman–Crippen LogP) is 6.32. The van der Waals surface area contributed by atoms with Crippen LogP contribution in [-0.4, -0.2) is 23.7 Å². The molecule has 4 heteroatoms. The summed E-state index contributed by atoms with van der Waals surface area (Å²) in [5.74, 6) is -1.41. The van der Waals surface area contributed by atoms with Crippen molar-refractivity contribution in [2.45, 2.75) is 71.1 Å². The van der Waals surface area contributed by atoms with Gasteiger partial charge >= 0.3 is 11.9 Å². The number of ether oxygens (including phenoxy) is 1. The Morgan fingerprint density at radius 1 is 0.714 bits per heavy atom. The molecule has 0 aliphatic rings. The summed E-state index contributed by atoms with van der Waals surface area (Å²) in [4.78, 5) is 21.5. The van der Waals surface area contributed by atoms with Crippen LogP contribution in [0.3, 0.4) is 0 Å². The molecule has 0 saturated heterocycles. The minimum Gasteiger partial charge on any atom is -0.481 e. The summed E-state index contributed by atoms with van der Waals surface area (Å²) in [5, 5.41) is 8.47. The van der Waals surface area contributed by atoms with Crippen LogP contribution in [0, 0.1) is 0 Å². The van der Waals surface area contributed by atoms with Gasteiger partial charge in [-0.15, -0.1) is 0 Å². The average Bonchev–Trinajstić information content (AvgIpc) is 2.68. The summed E-state index contributed by atoms with van der Waals surface area (Å²) in [6.07, 6.45) is 29.3. The summed E-state index contributed by atoms with van der Waals surface area (Å²) in [7, 11) is 0. The molecule has 0 radical (unpaired) electrons. The fraction of sp³-hybridized carbons (Fsp3) is 0.500. The van der Waals surface area contributed by atoms with Crippen molar-refractivity contribution in [1.82, 2.24) is 0 Å². The Hall–Kier alpha value is -2.36. The lowest BCUT2D eigenvalue weighted by Crippen LogP contribution is -2.08. The first-order valence-electron chi connectivity index (χ1n) is 10.3. The maximum absolute atomic E-state index is 11.2. The molecule has 0 aromatic heterocycles. The number of carbonyl (C=O) groups excluding carboxylic acids is 1. The molecule has 0 saturated carbocycles. The smallest absolute Gasteiger partial charge is 0.306 e. The zero-order valence-corrected chi connectivity index (χ0v) is 17.2. The molecule has 0 aliphatic carbocycles. The highest BCUT2D eigenvalue weighted by molar-refractivity contribution is 5.76. The largest absolute Gasteiger partial charge is 0.481 e. The van der Waals surface area contributed by atoms with Crippen LogP contribution in [0.25, 0.3) is 0 Å². The van der Waals surface area contributed by atoms with E-state index >= 15 is 0 Å². The Morgan fingerprint density at radius 3 is 1.71 bits per heavy atom. The van der Waals surface area contributed by atoms with Crippen LogP contribution < -0.4 is 0 Å². The van der Waals surface area contributed by atoms with E-state index in [1.165, 1.54) is 0 Å². The van der Waals surface area contributed by atoms with Crippen molar-refractivity contribution in [2.24, 2.45) is 0 Å². The zero-order valence-electron chi connectivity index (χ0n) is 17.2. The molecule has 0 aromatic rings. The van der Waals surface area contributed by atoms with Crippen LogP contribution in [0.1, 0.15) is 71.1 Å². The number of hydrogen-bond donors (Lipinski definition) is 1. The third-order valence-electron chi connectivity index (χ3n) is 3.73. The first-order chi connectivity index (χ1) is 13.7. The van der Waals surface area contributed by atoms with Crippen molar-refractivity contribution in [2.75, 3.05) is 6.61 Å². The van der Waals surface area contributed by atoms with Gasteiger partial charge in [0, 0.05) is 0 Å². The van der Waals surface area contributed by atoms with Gasteiger partial charge in [0.25, 0.3) is 0 Å². The molecule has 0 atom stereocenters. The van der Waals surface area contributed by atoms with Crippen LogP contribution >= 0.6 is 0 Å². The van der Waals surface area contributed by atoms with Crippen LogP contribution in [0.5, 0.6) is 0 Å². The van der Waals surface area contributed by atoms with Gasteiger partial charge in [0.15, 0.2) is 0 Å². The molecule has 0 fully saturated rings. The molecule has 0 aromatic carbocycles. The third kappa shape index (κ3) is 21.7. The summed E-state index contributed by atoms with van der Waals surface area (Å²) < 4.78 is 4.97. The number of esters is 1. The minimum absolute atomic E-state index is 0.0515. The Bertz CT molecular complexity index is 539. The number of aliphatic carboxylic acids is 1. The molecule has 0 aliphatic heterocycles. The van der Waals surface area contributed by atoms with Gasteiger partial charge in [-0.25, -0.2) is 0 Å². The predicted molar refractivity (Wildman–Crippen MR) is 116 cm³/mol. The van der Waals surface area contributed by atoms with E-state index in [0.717, 1.165) is 51.4 Å². The normalized spacial score (nSPS) is 12.3. The van der Waals surface area contributed by atoms with Crippen molar-refractivity contribution in [1.29, 1.82) is 0 Å². The molecular formula is C24H36O4. The van der Waals surface area contributed by atoms with Crippen molar-refractivity contribution in [3.63, 3.8) is 0 Å². The van der Waals surface area contributed by atoms with E-state index in [1.54, 1.807) is 0 Å². The van der Waals surface area contributed by atoms with E-state index in [4.69, 9.17) is 9.84 Å². The number of carbonyl (C=O) groups is 2. The fourth-order valence-electron chi connectivity index (χ4n) is 2.20. The first kappa shape index (κ1) is 25.6. The Kier molecular flexibility index (Phi) is 19.2. The van der Waals surface area contributed by atoms with E-state index in [9.17, 15) is 9.59 Å². The van der Waals surface area contributed by atoms with E-state index in [2.05, 4.69) is 67.7 Å². The second kappa shape index (κ2) is 20.9. The summed E-state index contributed by atoms with van der Waals surface area (Å²) in [5.41, 5.74) is 0. The van der Waals surface area contributed by atoms with Crippen LogP contribution in [0.2, 0.25) is 0 Å². The average molecular weight is 389 g/mol. The zero-order chi connectivity index (χ0) is 20.7. The number of carboxylic acids is 1. The highest BCUT2D eigenvalue weighted by atomic mass is 16.5. The topological polar surface area (TPSA) is 63.6 Å². The summed E-state index contributed by atoms with van der Waals surface area (Å²) in [6.45, 7) is 2.51. The monoisotopic (exact) mass is 388 g/mol. The molecule has 0 bridgehead atoms. The van der Waals surface area contributed by atoms with Crippen LogP contribution in [0.15, 0.2) is 60.8 Å². The van der Waals surface area contributed by atoms with Gasteiger partial charge in [0.05, 0.1) is 19.4 Å². The van der Waals surface area contributed by atoms with Crippen molar-refractivity contribution in [3.05, 3.63) is 60.8 Å². The number of rotatable bonds is 17. The van der Waals surface area contributed by atoms with E-state index in [-0.39, 0.29) is 12.8 Å². The molecule has 28 heavy (non-hydrogen) atoms. The molecule has 0 rings (SSSR count). The minimum atomic E-state index is -0.977. The highest BCUT2D eigenvalue weighted by Crippen LogP contribution is 2.01. The van der Waals surface area contributed by atoms with Crippen molar-refractivity contribution in [3.8, 4) is 0 Å². The van der Waals surface area contributed by atoms with Gasteiger partial charge in [0.1, 0.15) is 0 Å². The number of hydrogen-bond acceptors (Lipinski definition) is 3. The third-order valence-corrected chi connectivity index (χ3v) is 3.73. The standard InChI is InChI=1S/C24H36O4/c1-2-3-4-5-6-7-8-9-10-11-12-13-14-15-16-17-18-19-22-28-24(27)21-20-23(25)26/h3-4,6-7,9-10,12-13,15-16H,2,5,8,11,14,17-22H2,1H3,(H,25,26). The van der Waals surface area contributed by atoms with E-state index in [1.807, 2.05) is 0 Å². The molecule has 0 heterocycles. The molecule has 0 spiro atoms. The number of carboxylic acid groups (broad SMARTS) is 1. The lowest BCUT2D eigenvalue weighted by molar-refractivity contribution is -0.147. The van der Waals surface area contributed by atoms with Gasteiger partial charge in [0.2, 0.25) is 0 Å². The Morgan fingerprint density at radius 2 is 1.21 bits per heavy atom. The van der Waals surface area contributed by atoms with Gasteiger partial charge in [-0.05, 0) is 51.4 Å². The first-order valence-corrected chi connectivity index (χ1v) is 10.3. The SMILES string of the molecule is CCC=CCC=CCC=CCC=CCC=CCCCCOC(=O)CCC(=O)O. The maximum Gasteiger partial charge on any atom is 0.306 e. The lowest BCUT2D eigenvalue weighted by atomic mass is 10.2. The second-order valence-corrected chi connectivity index (χ2v) is 6.32. The number of allylic oxidation sites excluding steroid dienone is 10. The molecule has 0 amide bonds. The lowest BCUT2D eigenvalue weighted by Gasteiger charge is -2.02. The maximum atomic E-state index is 11.2. The van der Waals surface area contributed by atoms with Gasteiger partial charge in [-0.1, -0.05) is 67.7 Å². The Labute approximate surface area is 170 Å². The highest BCUT2D eigenvalue weighted by Gasteiger charge is 2.05. The van der Waals surface area contributed by atoms with Crippen LogP contribution in [-0.2, 0) is 14.3 Å². The summed E-state index contributed by atoms with van der Waals surface area (Å²) in [6, 6.07) is 0. The van der Waals surface area contributed by atoms with E-state index in [0.29, 0.717) is 6.61 Å². The summed E-state index contributed by atoms with van der Waals surface area (Å²) >= 11 is 0. The fourth-order valence-corrected chi connectivity index (χ4v) is 2.20. The Balaban J connectivity index is 3.47. The molecule has 0 unspecified atom stereocenters. The van der Waals surface area contributed by atoms with Crippen LogP contribution in [0.4, 0.5) is 0 Å². The van der Waals surface area contributed by atoms with Gasteiger partial charge in [-0.3, -0.25) is 9.59 Å². The molecule has 4 nitrogen and oxygen atoms in total. The molecular weight excluding hydrogens is 352 g/mol. The quantitative estimate of drug-likeness (QED) is 0.180. The van der Waals surface area contributed by atoms with Crippen molar-refractivity contribution >= 4 is 11.9 Å².